The first-order valence-corrected chi connectivity index (χ1v) is 13.1. The van der Waals surface area contributed by atoms with Crippen LogP contribution in [-0.2, 0) is 14.3 Å². The molecule has 3 unspecified atom stereocenters. The van der Waals surface area contributed by atoms with E-state index in [4.69, 9.17) is 27.9 Å². The number of anilines is 1. The van der Waals surface area contributed by atoms with Crippen LogP contribution in [0.3, 0.4) is 0 Å². The lowest BCUT2D eigenvalue weighted by atomic mass is 9.86. The van der Waals surface area contributed by atoms with E-state index < -0.39 is 12.1 Å². The molecule has 2 aliphatic heterocycles. The summed E-state index contributed by atoms with van der Waals surface area (Å²) in [4.78, 5) is 27.8. The number of nitrogens with one attached hydrogen (secondary N) is 2. The highest BCUT2D eigenvalue weighted by Gasteiger charge is 2.31. The van der Waals surface area contributed by atoms with Gasteiger partial charge in [0, 0.05) is 27.2 Å². The highest BCUT2D eigenvalue weighted by molar-refractivity contribution is 6.36. The number of aliphatic imine (C=N–C) groups is 1. The number of aliphatic hydroxyl groups excluding tert-OH is 1. The second-order valence-corrected chi connectivity index (χ2v) is 9.82. The van der Waals surface area contributed by atoms with Gasteiger partial charge in [0.2, 0.25) is 6.23 Å². The summed E-state index contributed by atoms with van der Waals surface area (Å²) in [6.45, 7) is 0.991. The molecule has 206 valence electrons. The number of methoxy groups -OCH3 is 1. The predicted octanol–water partition coefficient (Wildman–Crippen LogP) is 5.61. The average molecular weight is 591 g/mol. The molecule has 2 aliphatic rings. The number of carbonyl (C=O) groups is 2. The van der Waals surface area contributed by atoms with Crippen LogP contribution in [-0.4, -0.2) is 48.6 Å². The van der Waals surface area contributed by atoms with Crippen LogP contribution in [0.25, 0.3) is 0 Å². The summed E-state index contributed by atoms with van der Waals surface area (Å²) in [5, 5.41) is 16.9. The van der Waals surface area contributed by atoms with Crippen LogP contribution in [0.4, 0.5) is 5.69 Å². The fourth-order valence-corrected chi connectivity index (χ4v) is 5.02. The Morgan fingerprint density at radius 2 is 1.74 bits per heavy atom. The number of hydrogen-bond acceptors (Lipinski definition) is 6. The maximum atomic E-state index is 11.9. The number of piperidine rings is 1. The molecule has 1 fully saturated rings. The second-order valence-electron chi connectivity index (χ2n) is 8.98. The van der Waals surface area contributed by atoms with E-state index in [0.29, 0.717) is 32.6 Å². The van der Waals surface area contributed by atoms with Crippen molar-refractivity contribution in [1.82, 2.24) is 5.32 Å². The molecule has 3 atom stereocenters. The van der Waals surface area contributed by atoms with E-state index in [1.807, 2.05) is 30.3 Å². The van der Waals surface area contributed by atoms with Gasteiger partial charge in [0.05, 0.1) is 24.4 Å². The van der Waals surface area contributed by atoms with Gasteiger partial charge in [0.25, 0.3) is 5.91 Å². The van der Waals surface area contributed by atoms with Gasteiger partial charge in [-0.05, 0) is 49.2 Å². The summed E-state index contributed by atoms with van der Waals surface area (Å²) in [7, 11) is 1.46. The molecule has 7 nitrogen and oxygen atoms in total. The van der Waals surface area contributed by atoms with Crippen molar-refractivity contribution >= 4 is 58.9 Å². The van der Waals surface area contributed by atoms with E-state index in [9.17, 15) is 14.7 Å². The zero-order chi connectivity index (χ0) is 27.1. The van der Waals surface area contributed by atoms with Gasteiger partial charge in [-0.15, -0.1) is 12.4 Å². The van der Waals surface area contributed by atoms with E-state index in [0.717, 1.165) is 18.5 Å². The van der Waals surface area contributed by atoms with E-state index in [-0.39, 0.29) is 30.3 Å². The van der Waals surface area contributed by atoms with E-state index >= 15 is 0 Å². The van der Waals surface area contributed by atoms with Crippen molar-refractivity contribution in [2.24, 2.45) is 4.99 Å². The molecule has 3 aromatic carbocycles. The summed E-state index contributed by atoms with van der Waals surface area (Å²) >= 11 is 12.2. The van der Waals surface area contributed by atoms with Crippen molar-refractivity contribution in [2.45, 2.75) is 37.5 Å². The molecule has 0 spiro atoms. The van der Waals surface area contributed by atoms with Gasteiger partial charge in [-0.3, -0.25) is 9.59 Å². The van der Waals surface area contributed by atoms with Crippen LogP contribution in [0, 0.1) is 0 Å². The van der Waals surface area contributed by atoms with Gasteiger partial charge in [-0.25, -0.2) is 4.99 Å². The van der Waals surface area contributed by atoms with Gasteiger partial charge in [0.15, 0.2) is 0 Å². The quantitative estimate of drug-likeness (QED) is 0.343. The topological polar surface area (TPSA) is 100 Å². The summed E-state index contributed by atoms with van der Waals surface area (Å²) in [6, 6.07) is 22.2. The summed E-state index contributed by atoms with van der Waals surface area (Å²) in [6.07, 6.45) is 1.91. The van der Waals surface area contributed by atoms with Crippen molar-refractivity contribution in [2.75, 3.05) is 19.0 Å². The Morgan fingerprint density at radius 1 is 1.03 bits per heavy atom. The van der Waals surface area contributed by atoms with Gasteiger partial charge in [-0.1, -0.05) is 78.2 Å². The van der Waals surface area contributed by atoms with E-state index in [1.54, 1.807) is 42.5 Å². The van der Waals surface area contributed by atoms with Crippen molar-refractivity contribution < 1.29 is 19.4 Å². The maximum Gasteiger partial charge on any atom is 0.314 e. The van der Waals surface area contributed by atoms with Crippen LogP contribution >= 0.6 is 35.6 Å². The minimum atomic E-state index is -1.50. The molecule has 1 saturated heterocycles. The molecule has 0 aromatic heterocycles. The lowest BCUT2D eigenvalue weighted by molar-refractivity contribution is -0.143. The Morgan fingerprint density at radius 3 is 2.41 bits per heavy atom. The number of fused-ring (bicyclic) bond motifs is 1. The Bertz CT molecular complexity index is 1310. The van der Waals surface area contributed by atoms with Crippen LogP contribution < -0.4 is 10.6 Å². The van der Waals surface area contributed by atoms with Crippen LogP contribution in [0.1, 0.15) is 41.9 Å². The van der Waals surface area contributed by atoms with Crippen LogP contribution in [0.2, 0.25) is 10.0 Å². The van der Waals surface area contributed by atoms with Gasteiger partial charge < -0.3 is 20.5 Å². The predicted molar refractivity (Wildman–Crippen MR) is 157 cm³/mol. The Kier molecular flexibility index (Phi) is 11.3. The molecule has 0 radical (unpaired) electrons. The number of ether oxygens (including phenoxy) is 1. The minimum absolute atomic E-state index is 0. The van der Waals surface area contributed by atoms with Gasteiger partial charge in [0.1, 0.15) is 0 Å². The van der Waals surface area contributed by atoms with Crippen molar-refractivity contribution in [1.29, 1.82) is 0 Å². The summed E-state index contributed by atoms with van der Waals surface area (Å²) in [5.74, 6) is -0.919. The van der Waals surface area contributed by atoms with Crippen LogP contribution in [0.5, 0.6) is 0 Å². The van der Waals surface area contributed by atoms with Crippen molar-refractivity contribution in [3.05, 3.63) is 99.5 Å². The average Bonchev–Trinajstić information content (AvgIpc) is 3.06. The molecular formula is C29H30Cl3N3O4. The molecule has 5 rings (SSSR count). The monoisotopic (exact) mass is 589 g/mol. The summed E-state index contributed by atoms with van der Waals surface area (Å²) in [5.41, 5.74) is 3.22. The van der Waals surface area contributed by atoms with E-state index in [2.05, 4.69) is 15.6 Å². The first-order valence-electron chi connectivity index (χ1n) is 12.4. The summed E-state index contributed by atoms with van der Waals surface area (Å²) < 4.78 is 4.94. The first-order chi connectivity index (χ1) is 18.4. The number of hydrogen-bond donors (Lipinski definition) is 3. The number of benzodiazepines with no additional fused rings is 1. The lowest BCUT2D eigenvalue weighted by Crippen LogP contribution is -2.42. The first kappa shape index (κ1) is 30.6. The molecule has 0 bridgehead atoms. The molecule has 3 aromatic rings. The number of carbonyl (C=O) groups excluding carboxylic acids is 2. The minimum Gasteiger partial charge on any atom is -0.469 e. The molecular weight excluding hydrogens is 561 g/mol. The van der Waals surface area contributed by atoms with Gasteiger partial charge >= 0.3 is 5.97 Å². The number of aliphatic hydroxyl groups is 1. The van der Waals surface area contributed by atoms with E-state index in [1.165, 1.54) is 20.0 Å². The largest absolute Gasteiger partial charge is 0.469 e. The standard InChI is InChI=1S/C15H10Cl2N2O2.C14H19NO2.ClH/c16-8-5-6-12-10(7-8)13(19-15(21)14(20)18-12)9-3-1-2-4-11(9)17;1-17-14(16)13(11-7-3-2-4-8-11)12-9-5-6-10-15-12;/h1-7,15,21H,(H,18,20);2-4,7-8,12-13,15H,5-6,9-10H2,1H3;1H. The number of nitrogens with zero attached hydrogens (tertiary/aromatic N) is 1. The molecule has 1 amide bonds. The third kappa shape index (κ3) is 7.59. The lowest BCUT2D eigenvalue weighted by Gasteiger charge is -2.29. The highest BCUT2D eigenvalue weighted by Crippen LogP contribution is 2.29. The fraction of sp³-hybridized carbons (Fsp3) is 0.276. The molecule has 0 aliphatic carbocycles. The Balaban J connectivity index is 0.000000215. The second kappa shape index (κ2) is 14.4. The smallest absolute Gasteiger partial charge is 0.314 e. The highest BCUT2D eigenvalue weighted by atomic mass is 35.5. The number of halogens is 3. The number of esters is 1. The zero-order valence-corrected chi connectivity index (χ0v) is 23.6. The number of benzene rings is 3. The molecule has 0 saturated carbocycles. The number of rotatable bonds is 4. The SMILES string of the molecule is COC(=O)C(c1ccccc1)C1CCCCN1.Cl.O=C1Nc2ccc(Cl)cc2C(c2ccccc2Cl)=NC1O. The van der Waals surface area contributed by atoms with Crippen molar-refractivity contribution in [3.63, 3.8) is 0 Å². The van der Waals surface area contributed by atoms with Crippen molar-refractivity contribution in [3.8, 4) is 0 Å². The fourth-order valence-electron chi connectivity index (χ4n) is 4.62. The Hall–Kier alpha value is -2.94. The molecule has 10 heteroatoms. The number of amides is 1. The molecule has 2 heterocycles. The maximum absolute atomic E-state index is 11.9. The Labute approximate surface area is 244 Å². The zero-order valence-electron chi connectivity index (χ0n) is 21.3. The third-order valence-electron chi connectivity index (χ3n) is 6.47. The third-order valence-corrected chi connectivity index (χ3v) is 7.04. The normalized spacial score (nSPS) is 19.0. The molecule has 3 N–H and O–H groups in total. The molecule has 39 heavy (non-hydrogen) atoms. The van der Waals surface area contributed by atoms with Gasteiger partial charge in [-0.2, -0.15) is 0 Å². The van der Waals surface area contributed by atoms with Crippen LogP contribution in [0.15, 0.2) is 77.8 Å².